The van der Waals surface area contributed by atoms with E-state index in [0.29, 0.717) is 11.6 Å². The van der Waals surface area contributed by atoms with Crippen molar-refractivity contribution in [2.75, 3.05) is 5.32 Å². The SMILES string of the molecule is Cc1nc2ccc(-c3c[nH]c4nc(NC5CC(F)(F)C5)ncc34)cc2s1. The summed E-state index contributed by atoms with van der Waals surface area (Å²) in [6.45, 7) is 2.00. The minimum atomic E-state index is -2.56. The zero-order chi connectivity index (χ0) is 17.9. The molecule has 0 aliphatic heterocycles. The van der Waals surface area contributed by atoms with Crippen LogP contribution in [0.15, 0.2) is 30.6 Å². The highest BCUT2D eigenvalue weighted by Gasteiger charge is 2.45. The van der Waals surface area contributed by atoms with E-state index in [0.717, 1.165) is 31.7 Å². The molecule has 2 N–H and O–H groups in total. The van der Waals surface area contributed by atoms with Gasteiger partial charge in [-0.15, -0.1) is 11.3 Å². The quantitative estimate of drug-likeness (QED) is 0.545. The highest BCUT2D eigenvalue weighted by atomic mass is 32.1. The summed E-state index contributed by atoms with van der Waals surface area (Å²) in [5, 5.41) is 4.91. The number of hydrogen-bond acceptors (Lipinski definition) is 5. The average molecular weight is 371 g/mol. The summed E-state index contributed by atoms with van der Waals surface area (Å²) < 4.78 is 27.1. The molecular weight excluding hydrogens is 356 g/mol. The van der Waals surface area contributed by atoms with E-state index in [1.807, 2.05) is 25.3 Å². The average Bonchev–Trinajstić information content (AvgIpc) is 3.14. The predicted molar refractivity (Wildman–Crippen MR) is 98.8 cm³/mol. The highest BCUT2D eigenvalue weighted by Crippen LogP contribution is 2.39. The molecule has 0 bridgehead atoms. The van der Waals surface area contributed by atoms with E-state index in [1.165, 1.54) is 0 Å². The standard InChI is InChI=1S/C18H15F2N5S/c1-9-23-14-3-2-10(4-15(14)26-9)12-7-21-16-13(12)8-22-17(25-16)24-11-5-18(19,20)6-11/h2-4,7-8,11H,5-6H2,1H3,(H2,21,22,24,25). The third-order valence-corrected chi connectivity index (χ3v) is 5.60. The van der Waals surface area contributed by atoms with Crippen molar-refractivity contribution in [2.24, 2.45) is 0 Å². The first-order valence-electron chi connectivity index (χ1n) is 8.33. The molecular formula is C18H15F2N5S. The first-order chi connectivity index (χ1) is 12.5. The Bertz CT molecular complexity index is 1130. The third-order valence-electron chi connectivity index (χ3n) is 4.66. The second-order valence-corrected chi connectivity index (χ2v) is 7.91. The van der Waals surface area contributed by atoms with Crippen molar-refractivity contribution in [3.63, 3.8) is 0 Å². The molecule has 0 amide bonds. The van der Waals surface area contributed by atoms with Crippen molar-refractivity contribution < 1.29 is 8.78 Å². The minimum absolute atomic E-state index is 0.168. The van der Waals surface area contributed by atoms with Gasteiger partial charge in [0, 0.05) is 42.2 Å². The summed E-state index contributed by atoms with van der Waals surface area (Å²) in [4.78, 5) is 16.4. The van der Waals surface area contributed by atoms with Crippen LogP contribution in [0.1, 0.15) is 17.8 Å². The number of thiazole rings is 1. The Balaban J connectivity index is 1.47. The molecule has 3 aromatic heterocycles. The lowest BCUT2D eigenvalue weighted by atomic mass is 9.88. The maximum Gasteiger partial charge on any atom is 0.252 e. The molecule has 3 heterocycles. The molecule has 1 aromatic carbocycles. The number of nitrogens with one attached hydrogen (secondary N) is 2. The van der Waals surface area contributed by atoms with E-state index in [-0.39, 0.29) is 18.9 Å². The van der Waals surface area contributed by atoms with E-state index in [4.69, 9.17) is 0 Å². The number of benzene rings is 1. The van der Waals surface area contributed by atoms with Crippen molar-refractivity contribution in [1.82, 2.24) is 19.9 Å². The summed E-state index contributed by atoms with van der Waals surface area (Å²) in [5.41, 5.74) is 3.75. The van der Waals surface area contributed by atoms with Gasteiger partial charge in [0.05, 0.1) is 15.2 Å². The lowest BCUT2D eigenvalue weighted by molar-refractivity contribution is -0.0794. The number of aromatic nitrogens is 4. The van der Waals surface area contributed by atoms with Crippen LogP contribution in [-0.4, -0.2) is 31.9 Å². The fourth-order valence-corrected chi connectivity index (χ4v) is 4.24. The summed E-state index contributed by atoms with van der Waals surface area (Å²) in [6, 6.07) is 5.90. The molecule has 0 radical (unpaired) electrons. The van der Waals surface area contributed by atoms with Gasteiger partial charge in [-0.05, 0) is 24.6 Å². The van der Waals surface area contributed by atoms with E-state index in [2.05, 4.69) is 31.3 Å². The van der Waals surface area contributed by atoms with Crippen LogP contribution in [0.3, 0.4) is 0 Å². The minimum Gasteiger partial charge on any atom is -0.351 e. The molecule has 26 heavy (non-hydrogen) atoms. The number of aromatic amines is 1. The van der Waals surface area contributed by atoms with Gasteiger partial charge in [-0.25, -0.2) is 18.7 Å². The number of halogens is 2. The Labute approximate surface area is 151 Å². The number of H-pyrrole nitrogens is 1. The van der Waals surface area contributed by atoms with Gasteiger partial charge in [-0.1, -0.05) is 6.07 Å². The fourth-order valence-electron chi connectivity index (χ4n) is 3.37. The van der Waals surface area contributed by atoms with E-state index in [9.17, 15) is 8.78 Å². The molecule has 0 unspecified atom stereocenters. The van der Waals surface area contributed by atoms with Crippen LogP contribution >= 0.6 is 11.3 Å². The monoisotopic (exact) mass is 371 g/mol. The molecule has 5 nitrogen and oxygen atoms in total. The van der Waals surface area contributed by atoms with Crippen LogP contribution in [0, 0.1) is 6.92 Å². The molecule has 1 saturated carbocycles. The van der Waals surface area contributed by atoms with Crippen LogP contribution in [-0.2, 0) is 0 Å². The van der Waals surface area contributed by atoms with Gasteiger partial charge >= 0.3 is 0 Å². The highest BCUT2D eigenvalue weighted by molar-refractivity contribution is 7.18. The maximum atomic E-state index is 13.0. The summed E-state index contributed by atoms with van der Waals surface area (Å²) in [7, 11) is 0. The Kier molecular flexibility index (Phi) is 3.27. The largest absolute Gasteiger partial charge is 0.351 e. The number of aryl methyl sites for hydroxylation is 1. The van der Waals surface area contributed by atoms with Crippen molar-refractivity contribution >= 4 is 38.5 Å². The molecule has 132 valence electrons. The normalized spacial score (nSPS) is 16.9. The molecule has 1 fully saturated rings. The molecule has 4 aromatic rings. The van der Waals surface area contributed by atoms with Gasteiger partial charge in [0.15, 0.2) is 0 Å². The second kappa shape index (κ2) is 5.44. The Hall–Kier alpha value is -2.61. The van der Waals surface area contributed by atoms with Crippen LogP contribution < -0.4 is 5.32 Å². The number of fused-ring (bicyclic) bond motifs is 2. The summed E-state index contributed by atoms with van der Waals surface area (Å²) in [5.74, 6) is -2.19. The number of alkyl halides is 2. The van der Waals surface area contributed by atoms with Gasteiger partial charge in [-0.2, -0.15) is 4.98 Å². The summed E-state index contributed by atoms with van der Waals surface area (Å²) >= 11 is 1.66. The van der Waals surface area contributed by atoms with Gasteiger partial charge in [0.1, 0.15) is 5.65 Å². The van der Waals surface area contributed by atoms with Crippen LogP contribution in [0.5, 0.6) is 0 Å². The molecule has 0 saturated heterocycles. The van der Waals surface area contributed by atoms with Crippen LogP contribution in [0.25, 0.3) is 32.4 Å². The third kappa shape index (κ3) is 2.61. The zero-order valence-electron chi connectivity index (χ0n) is 13.9. The van der Waals surface area contributed by atoms with Gasteiger partial charge in [0.2, 0.25) is 5.95 Å². The van der Waals surface area contributed by atoms with Crippen molar-refractivity contribution in [3.8, 4) is 11.1 Å². The molecule has 1 aliphatic rings. The first kappa shape index (κ1) is 15.6. The maximum absolute atomic E-state index is 13.0. The second-order valence-electron chi connectivity index (χ2n) is 6.68. The molecule has 0 atom stereocenters. The van der Waals surface area contributed by atoms with Crippen molar-refractivity contribution in [2.45, 2.75) is 31.7 Å². The van der Waals surface area contributed by atoms with Crippen molar-refractivity contribution in [1.29, 1.82) is 0 Å². The predicted octanol–water partition coefficient (Wildman–Crippen LogP) is 4.75. The molecule has 0 spiro atoms. The number of rotatable bonds is 3. The molecule has 1 aliphatic carbocycles. The van der Waals surface area contributed by atoms with Gasteiger partial charge in [0.25, 0.3) is 5.92 Å². The van der Waals surface area contributed by atoms with E-state index in [1.54, 1.807) is 17.5 Å². The number of anilines is 1. The smallest absolute Gasteiger partial charge is 0.252 e. The zero-order valence-corrected chi connectivity index (χ0v) is 14.7. The summed E-state index contributed by atoms with van der Waals surface area (Å²) in [6.07, 6.45) is 3.29. The molecule has 5 rings (SSSR count). The van der Waals surface area contributed by atoms with Gasteiger partial charge in [-0.3, -0.25) is 0 Å². The Morgan fingerprint density at radius 2 is 2.12 bits per heavy atom. The van der Waals surface area contributed by atoms with Crippen LogP contribution in [0.2, 0.25) is 0 Å². The van der Waals surface area contributed by atoms with E-state index < -0.39 is 5.92 Å². The number of nitrogens with zero attached hydrogens (tertiary/aromatic N) is 3. The number of hydrogen-bond donors (Lipinski definition) is 2. The lowest BCUT2D eigenvalue weighted by Crippen LogP contribution is -2.44. The molecule has 8 heteroatoms. The van der Waals surface area contributed by atoms with Crippen molar-refractivity contribution in [3.05, 3.63) is 35.6 Å². The van der Waals surface area contributed by atoms with Gasteiger partial charge < -0.3 is 10.3 Å². The Morgan fingerprint density at radius 3 is 2.92 bits per heavy atom. The van der Waals surface area contributed by atoms with E-state index >= 15 is 0 Å². The van der Waals surface area contributed by atoms with Crippen LogP contribution in [0.4, 0.5) is 14.7 Å². The lowest BCUT2D eigenvalue weighted by Gasteiger charge is -2.35. The first-order valence-corrected chi connectivity index (χ1v) is 9.15. The topological polar surface area (TPSA) is 66.5 Å². The Morgan fingerprint density at radius 1 is 1.27 bits per heavy atom. The fraction of sp³-hybridized carbons (Fsp3) is 0.278.